The van der Waals surface area contributed by atoms with E-state index in [0.29, 0.717) is 26.2 Å². The fourth-order valence-electron chi connectivity index (χ4n) is 2.34. The maximum absolute atomic E-state index is 12.3. The summed E-state index contributed by atoms with van der Waals surface area (Å²) < 4.78 is 5.08. The molecule has 0 saturated carbocycles. The van der Waals surface area contributed by atoms with E-state index in [-0.39, 0.29) is 23.1 Å². The molecule has 1 aliphatic heterocycles. The number of carbonyl (C=O) groups is 2. The number of hydrogen-bond donors (Lipinski definition) is 1. The quantitative estimate of drug-likeness (QED) is 0.839. The highest BCUT2D eigenvalue weighted by molar-refractivity contribution is 5.94. The fourth-order valence-corrected chi connectivity index (χ4v) is 2.34. The lowest BCUT2D eigenvalue weighted by molar-refractivity contribution is 0.0517. The Balaban J connectivity index is 1.65. The summed E-state index contributed by atoms with van der Waals surface area (Å²) in [5.41, 5.74) is -0.456. The molecule has 0 radical (unpaired) electrons. The van der Waals surface area contributed by atoms with Crippen LogP contribution in [0.3, 0.4) is 0 Å². The molecule has 8 nitrogen and oxygen atoms in total. The zero-order valence-corrected chi connectivity index (χ0v) is 11.7. The second-order valence-electron chi connectivity index (χ2n) is 4.86. The van der Waals surface area contributed by atoms with Crippen molar-refractivity contribution in [1.82, 2.24) is 19.8 Å². The van der Waals surface area contributed by atoms with Gasteiger partial charge < -0.3 is 19.2 Å². The van der Waals surface area contributed by atoms with Crippen molar-refractivity contribution in [3.63, 3.8) is 0 Å². The first-order chi connectivity index (χ1) is 10.7. The Kier molecular flexibility index (Phi) is 3.73. The summed E-state index contributed by atoms with van der Waals surface area (Å²) in [5, 5.41) is 0. The van der Waals surface area contributed by atoms with Gasteiger partial charge in [-0.05, 0) is 12.1 Å². The molecule has 0 bridgehead atoms. The van der Waals surface area contributed by atoms with Crippen molar-refractivity contribution in [1.29, 1.82) is 0 Å². The SMILES string of the molecule is O=C(c1ccco1)N1CCN(C(=O)c2cnc[nH]c2=O)CC1. The Hall–Kier alpha value is -2.90. The summed E-state index contributed by atoms with van der Waals surface area (Å²) >= 11 is 0. The number of rotatable bonds is 2. The van der Waals surface area contributed by atoms with Gasteiger partial charge in [-0.3, -0.25) is 14.4 Å². The van der Waals surface area contributed by atoms with Crippen LogP contribution in [0.4, 0.5) is 0 Å². The van der Waals surface area contributed by atoms with Crippen LogP contribution in [0.5, 0.6) is 0 Å². The van der Waals surface area contributed by atoms with Gasteiger partial charge in [0.05, 0.1) is 12.6 Å². The monoisotopic (exact) mass is 302 g/mol. The molecular formula is C14H14N4O4. The summed E-state index contributed by atoms with van der Waals surface area (Å²) in [7, 11) is 0. The van der Waals surface area contributed by atoms with Gasteiger partial charge in [-0.15, -0.1) is 0 Å². The molecule has 8 heteroatoms. The lowest BCUT2D eigenvalue weighted by atomic mass is 10.2. The molecule has 0 aliphatic carbocycles. The van der Waals surface area contributed by atoms with Crippen LogP contribution in [0.25, 0.3) is 0 Å². The topological polar surface area (TPSA) is 99.5 Å². The van der Waals surface area contributed by atoms with Crippen LogP contribution >= 0.6 is 0 Å². The van der Waals surface area contributed by atoms with Gasteiger partial charge in [-0.1, -0.05) is 0 Å². The average molecular weight is 302 g/mol. The van der Waals surface area contributed by atoms with E-state index in [9.17, 15) is 14.4 Å². The van der Waals surface area contributed by atoms with Crippen LogP contribution < -0.4 is 5.56 Å². The number of amides is 2. The highest BCUT2D eigenvalue weighted by Crippen LogP contribution is 2.10. The number of aromatic nitrogens is 2. The molecule has 1 saturated heterocycles. The molecule has 2 aromatic rings. The van der Waals surface area contributed by atoms with Gasteiger partial charge in [0.1, 0.15) is 5.56 Å². The van der Waals surface area contributed by atoms with Crippen molar-refractivity contribution >= 4 is 11.8 Å². The van der Waals surface area contributed by atoms with Crippen LogP contribution in [0.15, 0.2) is 40.1 Å². The number of aromatic amines is 1. The molecule has 0 unspecified atom stereocenters. The van der Waals surface area contributed by atoms with Crippen molar-refractivity contribution < 1.29 is 14.0 Å². The molecule has 2 aromatic heterocycles. The fraction of sp³-hybridized carbons (Fsp3) is 0.286. The molecule has 1 fully saturated rings. The lowest BCUT2D eigenvalue weighted by Crippen LogP contribution is -2.51. The molecule has 1 N–H and O–H groups in total. The molecular weight excluding hydrogens is 288 g/mol. The number of H-pyrrole nitrogens is 1. The van der Waals surface area contributed by atoms with E-state index < -0.39 is 5.56 Å². The van der Waals surface area contributed by atoms with Gasteiger partial charge in [0.25, 0.3) is 17.4 Å². The van der Waals surface area contributed by atoms with E-state index in [2.05, 4.69) is 9.97 Å². The number of nitrogens with one attached hydrogen (secondary N) is 1. The summed E-state index contributed by atoms with van der Waals surface area (Å²) in [6.45, 7) is 1.51. The van der Waals surface area contributed by atoms with E-state index >= 15 is 0 Å². The van der Waals surface area contributed by atoms with E-state index in [4.69, 9.17) is 4.42 Å². The van der Waals surface area contributed by atoms with Crippen molar-refractivity contribution in [2.45, 2.75) is 0 Å². The van der Waals surface area contributed by atoms with Crippen molar-refractivity contribution in [3.8, 4) is 0 Å². The molecule has 0 spiro atoms. The minimum atomic E-state index is -0.464. The van der Waals surface area contributed by atoms with Gasteiger partial charge in [0.2, 0.25) is 0 Å². The summed E-state index contributed by atoms with van der Waals surface area (Å²) in [6.07, 6.45) is 3.93. The Bertz CT molecular complexity index is 729. The van der Waals surface area contributed by atoms with E-state index in [0.717, 1.165) is 0 Å². The normalized spacial score (nSPS) is 14.9. The number of furan rings is 1. The molecule has 114 valence electrons. The van der Waals surface area contributed by atoms with Crippen LogP contribution in [0.2, 0.25) is 0 Å². The first kappa shape index (κ1) is 14.1. The van der Waals surface area contributed by atoms with Gasteiger partial charge in [-0.25, -0.2) is 4.98 Å². The first-order valence-corrected chi connectivity index (χ1v) is 6.81. The second kappa shape index (κ2) is 5.84. The van der Waals surface area contributed by atoms with Gasteiger partial charge in [-0.2, -0.15) is 0 Å². The third-order valence-electron chi connectivity index (χ3n) is 3.53. The third-order valence-corrected chi connectivity index (χ3v) is 3.53. The largest absolute Gasteiger partial charge is 0.459 e. The van der Waals surface area contributed by atoms with Crippen LogP contribution in [0.1, 0.15) is 20.9 Å². The maximum atomic E-state index is 12.3. The van der Waals surface area contributed by atoms with Gasteiger partial charge in [0.15, 0.2) is 5.76 Å². The summed E-state index contributed by atoms with van der Waals surface area (Å²) in [6, 6.07) is 3.26. The summed E-state index contributed by atoms with van der Waals surface area (Å²) in [5.74, 6) is -0.292. The number of carbonyl (C=O) groups excluding carboxylic acids is 2. The van der Waals surface area contributed by atoms with Crippen LogP contribution in [0, 0.1) is 0 Å². The van der Waals surface area contributed by atoms with Crippen molar-refractivity contribution in [3.05, 3.63) is 52.6 Å². The second-order valence-corrected chi connectivity index (χ2v) is 4.86. The van der Waals surface area contributed by atoms with E-state index in [1.165, 1.54) is 23.7 Å². The Morgan fingerprint density at radius 3 is 2.41 bits per heavy atom. The minimum Gasteiger partial charge on any atom is -0.459 e. The van der Waals surface area contributed by atoms with Gasteiger partial charge >= 0.3 is 0 Å². The highest BCUT2D eigenvalue weighted by atomic mass is 16.3. The predicted molar refractivity (Wildman–Crippen MR) is 75.4 cm³/mol. The molecule has 0 atom stereocenters. The van der Waals surface area contributed by atoms with Crippen LogP contribution in [-0.2, 0) is 0 Å². The average Bonchev–Trinajstić information content (AvgIpc) is 3.09. The van der Waals surface area contributed by atoms with Crippen LogP contribution in [-0.4, -0.2) is 57.8 Å². The zero-order valence-electron chi connectivity index (χ0n) is 11.7. The zero-order chi connectivity index (χ0) is 15.5. The molecule has 22 heavy (non-hydrogen) atoms. The number of hydrogen-bond acceptors (Lipinski definition) is 5. The highest BCUT2D eigenvalue weighted by Gasteiger charge is 2.27. The predicted octanol–water partition coefficient (Wildman–Crippen LogP) is -0.0389. The lowest BCUT2D eigenvalue weighted by Gasteiger charge is -2.34. The molecule has 1 aliphatic rings. The third kappa shape index (κ3) is 2.62. The number of piperazine rings is 1. The van der Waals surface area contributed by atoms with Crippen molar-refractivity contribution in [2.75, 3.05) is 26.2 Å². The molecule has 3 heterocycles. The smallest absolute Gasteiger partial charge is 0.289 e. The Morgan fingerprint density at radius 1 is 1.14 bits per heavy atom. The first-order valence-electron chi connectivity index (χ1n) is 6.81. The molecule has 3 rings (SSSR count). The molecule has 0 aromatic carbocycles. The number of nitrogens with zero attached hydrogens (tertiary/aromatic N) is 3. The summed E-state index contributed by atoms with van der Waals surface area (Å²) in [4.78, 5) is 45.3. The Labute approximate surface area is 125 Å². The van der Waals surface area contributed by atoms with Crippen molar-refractivity contribution in [2.24, 2.45) is 0 Å². The minimum absolute atomic E-state index is 0.00770. The Morgan fingerprint density at radius 2 is 1.82 bits per heavy atom. The standard InChI is InChI=1S/C14H14N4O4/c19-12-10(8-15-9-16-12)13(20)17-3-5-18(6-4-17)14(21)11-2-1-7-22-11/h1-2,7-9H,3-6H2,(H,15,16,19). The maximum Gasteiger partial charge on any atom is 0.289 e. The van der Waals surface area contributed by atoms with Gasteiger partial charge in [0, 0.05) is 32.4 Å². The van der Waals surface area contributed by atoms with E-state index in [1.54, 1.807) is 17.0 Å². The van der Waals surface area contributed by atoms with E-state index in [1.807, 2.05) is 0 Å². The molecule has 2 amide bonds.